The van der Waals surface area contributed by atoms with Crippen LogP contribution < -0.4 is 0 Å². The van der Waals surface area contributed by atoms with Gasteiger partial charge in [0.1, 0.15) is 0 Å². The van der Waals surface area contributed by atoms with Crippen molar-refractivity contribution in [2.45, 2.75) is 63.5 Å². The molecule has 0 aliphatic heterocycles. The number of rotatable bonds is 7. The Morgan fingerprint density at radius 1 is 1.15 bits per heavy atom. The second-order valence-electron chi connectivity index (χ2n) is 5.84. The molecule has 1 aromatic rings. The van der Waals surface area contributed by atoms with Crippen LogP contribution in [-0.2, 0) is 11.2 Å². The summed E-state index contributed by atoms with van der Waals surface area (Å²) in [6.07, 6.45) is 8.07. The van der Waals surface area contributed by atoms with Gasteiger partial charge >= 0.3 is 0 Å². The molecule has 3 heteroatoms. The third-order valence-corrected chi connectivity index (χ3v) is 7.47. The van der Waals surface area contributed by atoms with Crippen molar-refractivity contribution in [2.75, 3.05) is 6.61 Å². The highest BCUT2D eigenvalue weighted by Gasteiger charge is 2.22. The molecule has 20 heavy (non-hydrogen) atoms. The van der Waals surface area contributed by atoms with Crippen LogP contribution in [0.25, 0.3) is 0 Å². The lowest BCUT2D eigenvalue weighted by molar-refractivity contribution is 0.0252. The van der Waals surface area contributed by atoms with E-state index in [2.05, 4.69) is 53.0 Å². The molecule has 0 unspecified atom stereocenters. The van der Waals surface area contributed by atoms with E-state index in [1.54, 1.807) is 0 Å². The van der Waals surface area contributed by atoms with Crippen molar-refractivity contribution in [1.82, 2.24) is 0 Å². The van der Waals surface area contributed by atoms with Crippen molar-refractivity contribution in [3.05, 3.63) is 35.4 Å². The fourth-order valence-electron chi connectivity index (χ4n) is 3.03. The first kappa shape index (κ1) is 16.5. The third kappa shape index (κ3) is 5.15. The Bertz CT molecular complexity index is 371. The summed E-state index contributed by atoms with van der Waals surface area (Å²) >= 11 is 2.58. The van der Waals surface area contributed by atoms with Crippen molar-refractivity contribution in [2.24, 2.45) is 0 Å². The van der Waals surface area contributed by atoms with E-state index >= 15 is 0 Å². The maximum atomic E-state index is 6.02. The molecule has 0 heterocycles. The van der Waals surface area contributed by atoms with Crippen LogP contribution in [0.15, 0.2) is 24.3 Å². The van der Waals surface area contributed by atoms with Gasteiger partial charge in [-0.05, 0) is 55.6 Å². The van der Waals surface area contributed by atoms with Crippen molar-refractivity contribution in [3.63, 3.8) is 0 Å². The van der Waals surface area contributed by atoms with Crippen LogP contribution in [0.1, 0.15) is 56.1 Å². The van der Waals surface area contributed by atoms with Gasteiger partial charge in [-0.25, -0.2) is 0 Å². The minimum absolute atomic E-state index is 0.206. The van der Waals surface area contributed by atoms with Gasteiger partial charge < -0.3 is 4.74 Å². The Morgan fingerprint density at radius 3 is 2.45 bits per heavy atom. The molecule has 0 atom stereocenters. The molecule has 0 spiro atoms. The van der Waals surface area contributed by atoms with Crippen LogP contribution in [-0.4, -0.2) is 19.7 Å². The summed E-state index contributed by atoms with van der Waals surface area (Å²) < 4.78 is 6.02. The molecule has 0 N–H and O–H groups in total. The molecule has 0 aromatic heterocycles. The Balaban J connectivity index is 1.73. The van der Waals surface area contributed by atoms with E-state index in [-0.39, 0.29) is 7.02 Å². The maximum Gasteiger partial charge on any atom is 0.0938 e. The minimum Gasteiger partial charge on any atom is -0.378 e. The number of hydrogen-bond donors (Lipinski definition) is 0. The molecule has 0 radical (unpaired) electrons. The standard InChI is InChI=1S/C17H27IOSi/c1-2-14-4-6-15(7-5-14)16-8-10-17(11-9-16)19-12-3-13-20-18/h4-7,16-17H,2-3,8-13,20H2,1H3. The van der Waals surface area contributed by atoms with Gasteiger partial charge in [0.15, 0.2) is 0 Å². The summed E-state index contributed by atoms with van der Waals surface area (Å²) in [5.41, 5.74) is 2.99. The molecule has 1 aromatic carbocycles. The van der Waals surface area contributed by atoms with Gasteiger partial charge in [0.05, 0.1) is 13.1 Å². The Hall–Kier alpha value is 0.127. The highest BCUT2D eigenvalue weighted by atomic mass is 127. The number of ether oxygens (including phenoxy) is 1. The van der Waals surface area contributed by atoms with E-state index in [4.69, 9.17) is 4.74 Å². The normalized spacial score (nSPS) is 23.5. The lowest BCUT2D eigenvalue weighted by Gasteiger charge is -2.29. The topological polar surface area (TPSA) is 9.23 Å². The van der Waals surface area contributed by atoms with E-state index < -0.39 is 0 Å². The molecular formula is C17H27IOSi. The Morgan fingerprint density at radius 2 is 1.85 bits per heavy atom. The zero-order valence-corrected chi connectivity index (χ0v) is 16.2. The SMILES string of the molecule is CCc1ccc(C2CCC(OCCC[SiH2]I)CC2)cc1. The molecule has 1 aliphatic rings. The first-order chi connectivity index (χ1) is 9.83. The number of aryl methyl sites for hydroxylation is 1. The summed E-state index contributed by atoms with van der Waals surface area (Å²) in [6.45, 7) is 3.22. The van der Waals surface area contributed by atoms with Gasteiger partial charge in [-0.1, -0.05) is 37.2 Å². The predicted molar refractivity (Wildman–Crippen MR) is 98.8 cm³/mol. The molecule has 2 rings (SSSR count). The molecule has 1 saturated carbocycles. The molecule has 0 saturated heterocycles. The van der Waals surface area contributed by atoms with Gasteiger partial charge in [-0.2, -0.15) is 0 Å². The smallest absolute Gasteiger partial charge is 0.0938 e. The van der Waals surface area contributed by atoms with Gasteiger partial charge in [0, 0.05) is 6.61 Å². The fraction of sp³-hybridized carbons (Fsp3) is 0.647. The average molecular weight is 402 g/mol. The Labute approximate surface area is 138 Å². The largest absolute Gasteiger partial charge is 0.378 e. The lowest BCUT2D eigenvalue weighted by atomic mass is 9.82. The first-order valence-electron chi connectivity index (χ1n) is 8.10. The van der Waals surface area contributed by atoms with Gasteiger partial charge in [0.2, 0.25) is 0 Å². The van der Waals surface area contributed by atoms with Crippen molar-refractivity contribution in [1.29, 1.82) is 0 Å². The second kappa shape index (κ2) is 9.21. The van der Waals surface area contributed by atoms with Crippen LogP contribution in [0, 0.1) is 0 Å². The maximum absolute atomic E-state index is 6.02. The fourth-order valence-corrected chi connectivity index (χ4v) is 5.05. The number of hydrogen-bond acceptors (Lipinski definition) is 1. The second-order valence-corrected chi connectivity index (χ2v) is 10.2. The van der Waals surface area contributed by atoms with E-state index in [9.17, 15) is 0 Å². The highest BCUT2D eigenvalue weighted by molar-refractivity contribution is 14.1. The molecule has 0 bridgehead atoms. The van der Waals surface area contributed by atoms with E-state index in [1.807, 2.05) is 0 Å². The number of benzene rings is 1. The summed E-state index contributed by atoms with van der Waals surface area (Å²) in [6, 6.07) is 10.7. The summed E-state index contributed by atoms with van der Waals surface area (Å²) in [5.74, 6) is 0.766. The van der Waals surface area contributed by atoms with Crippen LogP contribution in [0.5, 0.6) is 0 Å². The first-order valence-corrected chi connectivity index (χ1v) is 14.2. The molecular weight excluding hydrogens is 375 g/mol. The van der Waals surface area contributed by atoms with Crippen LogP contribution >= 0.6 is 21.8 Å². The average Bonchev–Trinajstić information content (AvgIpc) is 2.52. The van der Waals surface area contributed by atoms with Crippen LogP contribution in [0.4, 0.5) is 0 Å². The molecule has 1 fully saturated rings. The molecule has 1 nitrogen and oxygen atoms in total. The molecule has 112 valence electrons. The van der Waals surface area contributed by atoms with Crippen molar-refractivity contribution in [3.8, 4) is 0 Å². The summed E-state index contributed by atoms with van der Waals surface area (Å²) in [4.78, 5) is 0. The van der Waals surface area contributed by atoms with E-state index in [0.29, 0.717) is 6.10 Å². The van der Waals surface area contributed by atoms with Crippen molar-refractivity contribution >= 4 is 28.8 Å². The zero-order chi connectivity index (χ0) is 14.2. The minimum atomic E-state index is 0.206. The van der Waals surface area contributed by atoms with E-state index in [1.165, 1.54) is 49.3 Å². The quantitative estimate of drug-likeness (QED) is 0.280. The van der Waals surface area contributed by atoms with Gasteiger partial charge in [-0.3, -0.25) is 0 Å². The molecule has 0 amide bonds. The summed E-state index contributed by atoms with van der Waals surface area (Å²) in [5, 5.41) is 0. The van der Waals surface area contributed by atoms with Gasteiger partial charge in [-0.15, -0.1) is 21.8 Å². The number of halogens is 1. The van der Waals surface area contributed by atoms with E-state index in [0.717, 1.165) is 18.9 Å². The zero-order valence-electron chi connectivity index (χ0n) is 12.6. The lowest BCUT2D eigenvalue weighted by Crippen LogP contribution is -2.21. The summed E-state index contributed by atoms with van der Waals surface area (Å²) in [7, 11) is 0.206. The molecule has 1 aliphatic carbocycles. The monoisotopic (exact) mass is 402 g/mol. The predicted octanol–water partition coefficient (Wildman–Crippen LogP) is 4.62. The third-order valence-electron chi connectivity index (χ3n) is 4.42. The van der Waals surface area contributed by atoms with Crippen LogP contribution in [0.3, 0.4) is 0 Å². The highest BCUT2D eigenvalue weighted by Crippen LogP contribution is 2.34. The van der Waals surface area contributed by atoms with Gasteiger partial charge in [0.25, 0.3) is 0 Å². The Kier molecular flexibility index (Phi) is 7.59. The van der Waals surface area contributed by atoms with Crippen LogP contribution in [0.2, 0.25) is 6.04 Å². The van der Waals surface area contributed by atoms with Crippen molar-refractivity contribution < 1.29 is 4.74 Å².